The largest absolute Gasteiger partial charge is 0.492 e. The summed E-state index contributed by atoms with van der Waals surface area (Å²) in [6, 6.07) is 17.5. The lowest BCUT2D eigenvalue weighted by Crippen LogP contribution is -2.26. The third-order valence-electron chi connectivity index (χ3n) is 4.09. The van der Waals surface area contributed by atoms with Crippen LogP contribution >= 0.6 is 0 Å². The van der Waals surface area contributed by atoms with Crippen molar-refractivity contribution in [3.8, 4) is 5.75 Å². The molecule has 144 valence electrons. The molecule has 0 radical (unpaired) electrons. The van der Waals surface area contributed by atoms with Gasteiger partial charge in [-0.25, -0.2) is 4.79 Å². The van der Waals surface area contributed by atoms with E-state index in [0.717, 1.165) is 0 Å². The number of aryl methyl sites for hydroxylation is 1. The number of nitrogens with one attached hydrogen (secondary N) is 1. The highest BCUT2D eigenvalue weighted by Crippen LogP contribution is 2.27. The number of furan rings is 1. The lowest BCUT2D eigenvalue weighted by molar-refractivity contribution is -0.125. The first-order chi connectivity index (χ1) is 13.6. The standard InChI is InChI=1S/C22H21NO5/c1-3-26-19-12-8-7-11-18(19)23-21(24)20(16-9-5-4-6-10-16)28-22(25)17-13-14-27-15(17)2/h4-14,20H,3H2,1-2H3,(H,23,24)/t20-/m0/s1. The fourth-order valence-corrected chi connectivity index (χ4v) is 2.72. The Kier molecular flexibility index (Phi) is 6.11. The average molecular weight is 379 g/mol. The van der Waals surface area contributed by atoms with Gasteiger partial charge in [0.25, 0.3) is 5.91 Å². The molecular weight excluding hydrogens is 358 g/mol. The van der Waals surface area contributed by atoms with Crippen LogP contribution in [0.15, 0.2) is 71.3 Å². The molecule has 0 aliphatic heterocycles. The van der Waals surface area contributed by atoms with Crippen molar-refractivity contribution in [2.24, 2.45) is 0 Å². The summed E-state index contributed by atoms with van der Waals surface area (Å²) in [6.45, 7) is 3.98. The lowest BCUT2D eigenvalue weighted by Gasteiger charge is -2.19. The van der Waals surface area contributed by atoms with Crippen molar-refractivity contribution in [3.05, 3.63) is 83.8 Å². The molecule has 0 saturated carbocycles. The number of hydrogen-bond acceptors (Lipinski definition) is 5. The van der Waals surface area contributed by atoms with E-state index in [0.29, 0.717) is 29.4 Å². The smallest absolute Gasteiger partial charge is 0.342 e. The van der Waals surface area contributed by atoms with E-state index >= 15 is 0 Å². The molecule has 6 nitrogen and oxygen atoms in total. The van der Waals surface area contributed by atoms with Crippen LogP contribution in [0.5, 0.6) is 5.75 Å². The third kappa shape index (κ3) is 4.40. The van der Waals surface area contributed by atoms with E-state index < -0.39 is 18.0 Å². The van der Waals surface area contributed by atoms with E-state index in [1.54, 1.807) is 49.4 Å². The van der Waals surface area contributed by atoms with Crippen LogP contribution in [0, 0.1) is 6.92 Å². The van der Waals surface area contributed by atoms with Crippen LogP contribution < -0.4 is 10.1 Å². The van der Waals surface area contributed by atoms with Gasteiger partial charge < -0.3 is 19.2 Å². The Bertz CT molecular complexity index is 948. The van der Waals surface area contributed by atoms with Crippen molar-refractivity contribution in [3.63, 3.8) is 0 Å². The molecule has 1 aromatic heterocycles. The van der Waals surface area contributed by atoms with Crippen LogP contribution in [0.2, 0.25) is 0 Å². The Hall–Kier alpha value is -3.54. The highest BCUT2D eigenvalue weighted by Gasteiger charge is 2.27. The first kappa shape index (κ1) is 19.2. The Morgan fingerprint density at radius 3 is 2.43 bits per heavy atom. The Morgan fingerprint density at radius 1 is 1.04 bits per heavy atom. The minimum absolute atomic E-state index is 0.281. The number of hydrogen-bond donors (Lipinski definition) is 1. The Morgan fingerprint density at radius 2 is 1.75 bits per heavy atom. The molecule has 1 heterocycles. The van der Waals surface area contributed by atoms with Crippen molar-refractivity contribution in [1.29, 1.82) is 0 Å². The van der Waals surface area contributed by atoms with Crippen LogP contribution in [0.3, 0.4) is 0 Å². The molecule has 1 amide bonds. The number of amides is 1. The zero-order valence-corrected chi connectivity index (χ0v) is 15.7. The maximum Gasteiger partial charge on any atom is 0.342 e. The minimum atomic E-state index is -1.13. The third-order valence-corrected chi connectivity index (χ3v) is 4.09. The molecule has 0 bridgehead atoms. The molecule has 0 saturated heterocycles. The van der Waals surface area contributed by atoms with E-state index in [2.05, 4.69) is 5.32 Å². The minimum Gasteiger partial charge on any atom is -0.492 e. The van der Waals surface area contributed by atoms with Gasteiger partial charge in [0.1, 0.15) is 17.1 Å². The second-order valence-corrected chi connectivity index (χ2v) is 6.00. The van der Waals surface area contributed by atoms with Gasteiger partial charge in [0, 0.05) is 5.56 Å². The van der Waals surface area contributed by atoms with E-state index in [1.165, 1.54) is 12.3 Å². The summed E-state index contributed by atoms with van der Waals surface area (Å²) in [5.41, 5.74) is 1.35. The van der Waals surface area contributed by atoms with Crippen LogP contribution in [0.4, 0.5) is 5.69 Å². The molecule has 1 N–H and O–H groups in total. The highest BCUT2D eigenvalue weighted by molar-refractivity contribution is 5.99. The maximum absolute atomic E-state index is 13.0. The SMILES string of the molecule is CCOc1ccccc1NC(=O)[C@@H](OC(=O)c1ccoc1C)c1ccccc1. The predicted octanol–water partition coefficient (Wildman–Crippen LogP) is 4.52. The second-order valence-electron chi connectivity index (χ2n) is 6.00. The second kappa shape index (κ2) is 8.90. The molecule has 2 aromatic carbocycles. The van der Waals surface area contributed by atoms with Crippen molar-refractivity contribution >= 4 is 17.6 Å². The number of anilines is 1. The molecule has 3 rings (SSSR count). The molecule has 3 aromatic rings. The number of esters is 1. The number of para-hydroxylation sites is 2. The van der Waals surface area contributed by atoms with E-state index in [9.17, 15) is 9.59 Å². The number of rotatable bonds is 7. The summed E-state index contributed by atoms with van der Waals surface area (Å²) >= 11 is 0. The van der Waals surface area contributed by atoms with Crippen LogP contribution in [0.1, 0.15) is 34.7 Å². The summed E-state index contributed by atoms with van der Waals surface area (Å²) in [7, 11) is 0. The summed E-state index contributed by atoms with van der Waals surface area (Å²) in [6.07, 6.45) is 0.277. The monoisotopic (exact) mass is 379 g/mol. The van der Waals surface area contributed by atoms with Crippen molar-refractivity contribution in [1.82, 2.24) is 0 Å². The number of benzene rings is 2. The predicted molar refractivity (Wildman–Crippen MR) is 104 cm³/mol. The number of ether oxygens (including phenoxy) is 2. The van der Waals surface area contributed by atoms with Gasteiger partial charge in [-0.05, 0) is 32.0 Å². The van der Waals surface area contributed by atoms with Crippen LogP contribution in [-0.2, 0) is 9.53 Å². The molecule has 6 heteroatoms. The normalized spacial score (nSPS) is 11.5. The molecule has 0 spiro atoms. The number of carbonyl (C=O) groups excluding carboxylic acids is 2. The molecule has 1 atom stereocenters. The van der Waals surface area contributed by atoms with E-state index in [1.807, 2.05) is 19.1 Å². The number of carbonyl (C=O) groups is 2. The van der Waals surface area contributed by atoms with Gasteiger partial charge in [-0.1, -0.05) is 42.5 Å². The molecule has 0 fully saturated rings. The fraction of sp³-hybridized carbons (Fsp3) is 0.182. The highest BCUT2D eigenvalue weighted by atomic mass is 16.5. The lowest BCUT2D eigenvalue weighted by atomic mass is 10.1. The molecule has 0 aliphatic carbocycles. The van der Waals surface area contributed by atoms with Gasteiger partial charge in [0.2, 0.25) is 6.10 Å². The van der Waals surface area contributed by atoms with Gasteiger partial charge in [0.15, 0.2) is 0 Å². The summed E-state index contributed by atoms with van der Waals surface area (Å²) in [5, 5.41) is 2.79. The summed E-state index contributed by atoms with van der Waals surface area (Å²) < 4.78 is 16.2. The van der Waals surface area contributed by atoms with Crippen molar-refractivity contribution < 1.29 is 23.5 Å². The summed E-state index contributed by atoms with van der Waals surface area (Å²) in [5.74, 6) is -0.137. The zero-order valence-electron chi connectivity index (χ0n) is 15.7. The van der Waals surface area contributed by atoms with Crippen molar-refractivity contribution in [2.45, 2.75) is 20.0 Å². The molecule has 28 heavy (non-hydrogen) atoms. The topological polar surface area (TPSA) is 77.8 Å². The Labute approximate surface area is 163 Å². The molecule has 0 aliphatic rings. The van der Waals surface area contributed by atoms with Gasteiger partial charge in [0.05, 0.1) is 18.6 Å². The first-order valence-electron chi connectivity index (χ1n) is 8.93. The molecular formula is C22H21NO5. The quantitative estimate of drug-likeness (QED) is 0.611. The zero-order chi connectivity index (χ0) is 19.9. The van der Waals surface area contributed by atoms with E-state index in [4.69, 9.17) is 13.9 Å². The van der Waals surface area contributed by atoms with Gasteiger partial charge in [-0.15, -0.1) is 0 Å². The van der Waals surface area contributed by atoms with Gasteiger partial charge in [-0.2, -0.15) is 0 Å². The van der Waals surface area contributed by atoms with E-state index in [-0.39, 0.29) is 5.56 Å². The average Bonchev–Trinajstić information content (AvgIpc) is 3.14. The van der Waals surface area contributed by atoms with Gasteiger partial charge >= 0.3 is 5.97 Å². The summed E-state index contributed by atoms with van der Waals surface area (Å²) in [4.78, 5) is 25.5. The maximum atomic E-state index is 13.0. The molecule has 0 unspecified atom stereocenters. The Balaban J connectivity index is 1.86. The van der Waals surface area contributed by atoms with Crippen LogP contribution in [0.25, 0.3) is 0 Å². The fourth-order valence-electron chi connectivity index (χ4n) is 2.72. The van der Waals surface area contributed by atoms with Crippen LogP contribution in [-0.4, -0.2) is 18.5 Å². The van der Waals surface area contributed by atoms with Gasteiger partial charge in [-0.3, -0.25) is 4.79 Å². The van der Waals surface area contributed by atoms with Crippen molar-refractivity contribution in [2.75, 3.05) is 11.9 Å². The first-order valence-corrected chi connectivity index (χ1v) is 8.93.